The van der Waals surface area contributed by atoms with Gasteiger partial charge in [-0.2, -0.15) is 0 Å². The predicted molar refractivity (Wildman–Crippen MR) is 100 cm³/mol. The number of amides is 1. The van der Waals surface area contributed by atoms with Crippen LogP contribution in [0.1, 0.15) is 11.1 Å². The van der Waals surface area contributed by atoms with Gasteiger partial charge in [-0.15, -0.1) is 0 Å². The van der Waals surface area contributed by atoms with Gasteiger partial charge in [-0.1, -0.05) is 47.6 Å². The first-order valence-corrected chi connectivity index (χ1v) is 8.13. The number of oxime groups is 1. The number of hydrogen-bond donors (Lipinski definition) is 1. The van der Waals surface area contributed by atoms with Gasteiger partial charge < -0.3 is 14.9 Å². The summed E-state index contributed by atoms with van der Waals surface area (Å²) in [6, 6.07) is 19.0. The zero-order valence-corrected chi connectivity index (χ0v) is 14.6. The van der Waals surface area contributed by atoms with Gasteiger partial charge in [-0.05, 0) is 17.7 Å². The van der Waals surface area contributed by atoms with E-state index in [9.17, 15) is 4.79 Å². The fourth-order valence-electron chi connectivity index (χ4n) is 2.58. The number of hydrogen-bond acceptors (Lipinski definition) is 5. The molecule has 1 amide bonds. The van der Waals surface area contributed by atoms with Crippen LogP contribution in [0.25, 0.3) is 10.9 Å². The van der Waals surface area contributed by atoms with E-state index in [4.69, 9.17) is 9.57 Å². The average molecular weight is 349 g/mol. The standard InChI is InChI=1S/C20H19N3O3/c1-21-20(24)19(23-25-2)16-9-5-3-8-15(16)13-26-18-12-11-14-7-4-6-10-17(14)22-18/h3-12H,13H2,1-2H3,(H,21,24). The Hall–Kier alpha value is -3.41. The van der Waals surface area contributed by atoms with Crippen molar-refractivity contribution in [3.63, 3.8) is 0 Å². The Bertz CT molecular complexity index is 954. The number of aromatic nitrogens is 1. The maximum atomic E-state index is 12.1. The molecule has 0 aliphatic heterocycles. The summed E-state index contributed by atoms with van der Waals surface area (Å²) in [5, 5.41) is 7.47. The summed E-state index contributed by atoms with van der Waals surface area (Å²) in [6.07, 6.45) is 0. The normalized spacial score (nSPS) is 11.2. The van der Waals surface area contributed by atoms with Crippen molar-refractivity contribution in [3.8, 4) is 5.88 Å². The van der Waals surface area contributed by atoms with Crippen molar-refractivity contribution in [2.75, 3.05) is 14.2 Å². The molecule has 0 fully saturated rings. The minimum atomic E-state index is -0.330. The van der Waals surface area contributed by atoms with Crippen LogP contribution in [0.15, 0.2) is 65.8 Å². The molecule has 0 aliphatic carbocycles. The van der Waals surface area contributed by atoms with Gasteiger partial charge >= 0.3 is 0 Å². The Morgan fingerprint density at radius 3 is 2.65 bits per heavy atom. The fraction of sp³-hybridized carbons (Fsp3) is 0.150. The summed E-state index contributed by atoms with van der Waals surface area (Å²) in [4.78, 5) is 21.4. The number of benzene rings is 2. The van der Waals surface area contributed by atoms with E-state index in [1.165, 1.54) is 7.11 Å². The number of ether oxygens (including phenoxy) is 1. The summed E-state index contributed by atoms with van der Waals surface area (Å²) in [5.41, 5.74) is 2.52. The Balaban J connectivity index is 1.85. The molecule has 0 saturated carbocycles. The molecule has 0 aliphatic rings. The molecule has 1 N–H and O–H groups in total. The van der Waals surface area contributed by atoms with Crippen molar-refractivity contribution in [3.05, 3.63) is 71.8 Å². The largest absolute Gasteiger partial charge is 0.473 e. The number of fused-ring (bicyclic) bond motifs is 1. The van der Waals surface area contributed by atoms with Crippen molar-refractivity contribution in [1.29, 1.82) is 0 Å². The van der Waals surface area contributed by atoms with Crippen molar-refractivity contribution < 1.29 is 14.4 Å². The van der Waals surface area contributed by atoms with Crippen molar-refractivity contribution in [2.24, 2.45) is 5.16 Å². The molecular formula is C20H19N3O3. The van der Waals surface area contributed by atoms with E-state index < -0.39 is 0 Å². The van der Waals surface area contributed by atoms with Crippen LogP contribution >= 0.6 is 0 Å². The summed E-state index contributed by atoms with van der Waals surface area (Å²) >= 11 is 0. The lowest BCUT2D eigenvalue weighted by molar-refractivity contribution is -0.114. The van der Waals surface area contributed by atoms with E-state index in [2.05, 4.69) is 15.5 Å². The van der Waals surface area contributed by atoms with E-state index in [0.29, 0.717) is 11.4 Å². The molecule has 0 spiro atoms. The second kappa shape index (κ2) is 8.11. The number of likely N-dealkylation sites (N-methyl/N-ethyl adjacent to an activating group) is 1. The molecule has 0 atom stereocenters. The van der Waals surface area contributed by atoms with Gasteiger partial charge in [0, 0.05) is 24.1 Å². The molecule has 132 valence electrons. The first-order valence-electron chi connectivity index (χ1n) is 8.13. The third kappa shape index (κ3) is 3.80. The molecule has 1 heterocycles. The van der Waals surface area contributed by atoms with Gasteiger partial charge in [0.05, 0.1) is 5.52 Å². The number of para-hydroxylation sites is 1. The van der Waals surface area contributed by atoms with Gasteiger partial charge in [0.2, 0.25) is 5.88 Å². The molecule has 0 unspecified atom stereocenters. The lowest BCUT2D eigenvalue weighted by Crippen LogP contribution is -2.29. The smallest absolute Gasteiger partial charge is 0.273 e. The Labute approximate surface area is 151 Å². The van der Waals surface area contributed by atoms with Crippen LogP contribution < -0.4 is 10.1 Å². The van der Waals surface area contributed by atoms with Gasteiger partial charge in [0.1, 0.15) is 13.7 Å². The van der Waals surface area contributed by atoms with E-state index in [1.54, 1.807) is 13.1 Å². The summed E-state index contributed by atoms with van der Waals surface area (Å²) in [6.45, 7) is 0.251. The highest BCUT2D eigenvalue weighted by Gasteiger charge is 2.17. The van der Waals surface area contributed by atoms with Crippen LogP contribution in [-0.2, 0) is 16.2 Å². The molecule has 0 bridgehead atoms. The van der Waals surface area contributed by atoms with Crippen molar-refractivity contribution in [2.45, 2.75) is 6.61 Å². The zero-order valence-electron chi connectivity index (χ0n) is 14.6. The number of carbonyl (C=O) groups excluding carboxylic acids is 1. The summed E-state index contributed by atoms with van der Waals surface area (Å²) < 4.78 is 5.84. The third-order valence-corrected chi connectivity index (χ3v) is 3.85. The van der Waals surface area contributed by atoms with Crippen LogP contribution in [0.2, 0.25) is 0 Å². The highest BCUT2D eigenvalue weighted by atomic mass is 16.6. The molecule has 0 radical (unpaired) electrons. The molecule has 1 aromatic heterocycles. The summed E-state index contributed by atoms with van der Waals surface area (Å²) in [7, 11) is 2.95. The van der Waals surface area contributed by atoms with Crippen LogP contribution in [-0.4, -0.2) is 30.8 Å². The van der Waals surface area contributed by atoms with Crippen LogP contribution in [0.3, 0.4) is 0 Å². The Morgan fingerprint density at radius 2 is 1.85 bits per heavy atom. The number of carbonyl (C=O) groups is 1. The second-order valence-electron chi connectivity index (χ2n) is 5.49. The quantitative estimate of drug-likeness (QED) is 0.549. The molecule has 0 saturated heterocycles. The van der Waals surface area contributed by atoms with E-state index >= 15 is 0 Å². The Morgan fingerprint density at radius 1 is 1.08 bits per heavy atom. The molecule has 3 aromatic rings. The average Bonchev–Trinajstić information content (AvgIpc) is 2.70. The fourth-order valence-corrected chi connectivity index (χ4v) is 2.58. The van der Waals surface area contributed by atoms with Gasteiger partial charge in [-0.25, -0.2) is 4.98 Å². The second-order valence-corrected chi connectivity index (χ2v) is 5.49. The number of rotatable bonds is 6. The van der Waals surface area contributed by atoms with Crippen molar-refractivity contribution >= 4 is 22.5 Å². The first-order chi connectivity index (χ1) is 12.7. The maximum absolute atomic E-state index is 12.1. The van der Waals surface area contributed by atoms with E-state index in [1.807, 2.05) is 54.6 Å². The van der Waals surface area contributed by atoms with Crippen LogP contribution in [0, 0.1) is 0 Å². The predicted octanol–water partition coefficient (Wildman–Crippen LogP) is 2.91. The monoisotopic (exact) mass is 349 g/mol. The zero-order chi connectivity index (χ0) is 18.4. The third-order valence-electron chi connectivity index (χ3n) is 3.85. The summed E-state index contributed by atoms with van der Waals surface area (Å²) in [5.74, 6) is 0.187. The Kier molecular flexibility index (Phi) is 5.43. The lowest BCUT2D eigenvalue weighted by Gasteiger charge is -2.12. The van der Waals surface area contributed by atoms with Gasteiger partial charge in [-0.3, -0.25) is 4.79 Å². The minimum absolute atomic E-state index is 0.195. The number of pyridine rings is 1. The molecule has 26 heavy (non-hydrogen) atoms. The highest BCUT2D eigenvalue weighted by Crippen LogP contribution is 2.18. The lowest BCUT2D eigenvalue weighted by atomic mass is 10.0. The van der Waals surface area contributed by atoms with Crippen molar-refractivity contribution in [1.82, 2.24) is 10.3 Å². The van der Waals surface area contributed by atoms with Gasteiger partial charge in [0.15, 0.2) is 5.71 Å². The molecule has 6 nitrogen and oxygen atoms in total. The first kappa shape index (κ1) is 17.4. The molecule has 3 rings (SSSR count). The number of nitrogens with zero attached hydrogens (tertiary/aromatic N) is 2. The van der Waals surface area contributed by atoms with Gasteiger partial charge in [0.25, 0.3) is 5.91 Å². The van der Waals surface area contributed by atoms with E-state index in [0.717, 1.165) is 16.5 Å². The van der Waals surface area contributed by atoms with Crippen LogP contribution in [0.4, 0.5) is 0 Å². The maximum Gasteiger partial charge on any atom is 0.273 e. The van der Waals surface area contributed by atoms with Crippen LogP contribution in [0.5, 0.6) is 5.88 Å². The minimum Gasteiger partial charge on any atom is -0.473 e. The number of nitrogens with one attached hydrogen (secondary N) is 1. The highest BCUT2D eigenvalue weighted by molar-refractivity contribution is 6.45. The molecule has 6 heteroatoms. The van der Waals surface area contributed by atoms with E-state index in [-0.39, 0.29) is 18.2 Å². The molecular weight excluding hydrogens is 330 g/mol. The molecule has 2 aromatic carbocycles. The SMILES string of the molecule is CNC(=O)C(=NOC)c1ccccc1COc1ccc2ccccc2n1. The topological polar surface area (TPSA) is 72.8 Å².